The molecule has 1 aromatic carbocycles. The van der Waals surface area contributed by atoms with Crippen molar-refractivity contribution in [2.45, 2.75) is 45.1 Å². The standard InChI is InChI=1S/C20H28N2O4/c1-5-25-19(23)13-22-10-8-20(14-21,9-11-22)16-6-7-17(24-4)18(12-16)26-15(2)3/h6-7,12,15H,5,8-11,13H2,1-4H3. The third-order valence-corrected chi connectivity index (χ3v) is 4.66. The Morgan fingerprint density at radius 1 is 1.31 bits per heavy atom. The zero-order valence-electron chi connectivity index (χ0n) is 16.1. The molecule has 1 aromatic rings. The first-order chi connectivity index (χ1) is 12.4. The van der Waals surface area contributed by atoms with Crippen molar-refractivity contribution in [2.75, 3.05) is 33.4 Å². The highest BCUT2D eigenvalue weighted by Gasteiger charge is 2.37. The van der Waals surface area contributed by atoms with Crippen molar-refractivity contribution in [3.8, 4) is 17.6 Å². The zero-order valence-corrected chi connectivity index (χ0v) is 16.1. The molecule has 1 fully saturated rings. The number of hydrogen-bond acceptors (Lipinski definition) is 6. The van der Waals surface area contributed by atoms with E-state index in [1.54, 1.807) is 14.0 Å². The molecular formula is C20H28N2O4. The lowest BCUT2D eigenvalue weighted by molar-refractivity contribution is -0.144. The van der Waals surface area contributed by atoms with Gasteiger partial charge in [0.2, 0.25) is 0 Å². The van der Waals surface area contributed by atoms with E-state index < -0.39 is 5.41 Å². The SMILES string of the molecule is CCOC(=O)CN1CCC(C#N)(c2ccc(OC)c(OC(C)C)c2)CC1. The number of nitrogens with zero attached hydrogens (tertiary/aromatic N) is 2. The molecule has 6 heteroatoms. The Bertz CT molecular complexity index is 658. The molecule has 1 aliphatic heterocycles. The number of benzene rings is 1. The Hall–Kier alpha value is -2.26. The molecule has 1 saturated heterocycles. The largest absolute Gasteiger partial charge is 0.493 e. The summed E-state index contributed by atoms with van der Waals surface area (Å²) in [5, 5.41) is 9.91. The molecule has 0 spiro atoms. The van der Waals surface area contributed by atoms with Crippen LogP contribution >= 0.6 is 0 Å². The molecule has 0 aliphatic carbocycles. The average Bonchev–Trinajstić information content (AvgIpc) is 2.62. The molecule has 1 heterocycles. The maximum absolute atomic E-state index is 11.7. The Balaban J connectivity index is 2.16. The van der Waals surface area contributed by atoms with Gasteiger partial charge in [-0.25, -0.2) is 0 Å². The monoisotopic (exact) mass is 360 g/mol. The molecular weight excluding hydrogens is 332 g/mol. The van der Waals surface area contributed by atoms with Gasteiger partial charge in [0, 0.05) is 13.1 Å². The van der Waals surface area contributed by atoms with Crippen molar-refractivity contribution >= 4 is 5.97 Å². The van der Waals surface area contributed by atoms with E-state index in [1.165, 1.54) is 0 Å². The van der Waals surface area contributed by atoms with Crippen molar-refractivity contribution in [1.82, 2.24) is 4.90 Å². The number of hydrogen-bond donors (Lipinski definition) is 0. The lowest BCUT2D eigenvalue weighted by Gasteiger charge is -2.37. The van der Waals surface area contributed by atoms with E-state index in [4.69, 9.17) is 14.2 Å². The lowest BCUT2D eigenvalue weighted by atomic mass is 9.74. The summed E-state index contributed by atoms with van der Waals surface area (Å²) < 4.78 is 16.2. The summed E-state index contributed by atoms with van der Waals surface area (Å²) in [4.78, 5) is 13.7. The topological polar surface area (TPSA) is 71.8 Å². The van der Waals surface area contributed by atoms with Crippen molar-refractivity contribution in [1.29, 1.82) is 5.26 Å². The van der Waals surface area contributed by atoms with Gasteiger partial charge in [0.1, 0.15) is 0 Å². The summed E-state index contributed by atoms with van der Waals surface area (Å²) in [6.07, 6.45) is 1.34. The van der Waals surface area contributed by atoms with Gasteiger partial charge in [0.05, 0.1) is 37.8 Å². The van der Waals surface area contributed by atoms with Crippen molar-refractivity contribution < 1.29 is 19.0 Å². The van der Waals surface area contributed by atoms with Crippen LogP contribution in [-0.4, -0.2) is 50.3 Å². The van der Waals surface area contributed by atoms with Crippen molar-refractivity contribution in [2.24, 2.45) is 0 Å². The van der Waals surface area contributed by atoms with E-state index in [0.29, 0.717) is 44.0 Å². The third kappa shape index (κ3) is 4.67. The Kier molecular flexibility index (Phi) is 6.87. The van der Waals surface area contributed by atoms with Crippen LogP contribution in [0.25, 0.3) is 0 Å². The maximum atomic E-state index is 11.7. The van der Waals surface area contributed by atoms with E-state index in [1.807, 2.05) is 36.9 Å². The van der Waals surface area contributed by atoms with Gasteiger partial charge in [-0.2, -0.15) is 5.26 Å². The van der Waals surface area contributed by atoms with Crippen LogP contribution in [0.5, 0.6) is 11.5 Å². The molecule has 6 nitrogen and oxygen atoms in total. The number of methoxy groups -OCH3 is 1. The lowest BCUT2D eigenvalue weighted by Crippen LogP contribution is -2.44. The van der Waals surface area contributed by atoms with E-state index in [-0.39, 0.29) is 18.6 Å². The number of nitriles is 1. The fourth-order valence-corrected chi connectivity index (χ4v) is 3.27. The van der Waals surface area contributed by atoms with Crippen LogP contribution in [0.2, 0.25) is 0 Å². The van der Waals surface area contributed by atoms with E-state index in [0.717, 1.165) is 5.56 Å². The first-order valence-electron chi connectivity index (χ1n) is 9.08. The van der Waals surface area contributed by atoms with Crippen molar-refractivity contribution in [3.63, 3.8) is 0 Å². The van der Waals surface area contributed by atoms with Crippen LogP contribution in [0.1, 0.15) is 39.2 Å². The highest BCUT2D eigenvalue weighted by molar-refractivity contribution is 5.71. The maximum Gasteiger partial charge on any atom is 0.320 e. The van der Waals surface area contributed by atoms with Gasteiger partial charge in [0.25, 0.3) is 0 Å². The minimum atomic E-state index is -0.577. The number of carbonyl (C=O) groups is 1. The molecule has 0 N–H and O–H groups in total. The van der Waals surface area contributed by atoms with Gasteiger partial charge in [-0.1, -0.05) is 6.07 Å². The third-order valence-electron chi connectivity index (χ3n) is 4.66. The first kappa shape index (κ1) is 20.1. The molecule has 0 bridgehead atoms. The van der Waals surface area contributed by atoms with E-state index in [2.05, 4.69) is 6.07 Å². The smallest absolute Gasteiger partial charge is 0.320 e. The summed E-state index contributed by atoms with van der Waals surface area (Å²) in [6.45, 7) is 7.74. The highest BCUT2D eigenvalue weighted by Crippen LogP contribution is 2.39. The second-order valence-corrected chi connectivity index (χ2v) is 6.81. The Morgan fingerprint density at radius 2 is 2.00 bits per heavy atom. The molecule has 0 unspecified atom stereocenters. The second-order valence-electron chi connectivity index (χ2n) is 6.81. The quantitative estimate of drug-likeness (QED) is 0.696. The summed E-state index contributed by atoms with van der Waals surface area (Å²) in [5.74, 6) is 1.10. The molecule has 26 heavy (non-hydrogen) atoms. The van der Waals surface area contributed by atoms with Gasteiger partial charge in [-0.05, 0) is 51.3 Å². The van der Waals surface area contributed by atoms with E-state index >= 15 is 0 Å². The van der Waals surface area contributed by atoms with Crippen LogP contribution in [0.3, 0.4) is 0 Å². The molecule has 0 radical (unpaired) electrons. The highest BCUT2D eigenvalue weighted by atomic mass is 16.5. The number of likely N-dealkylation sites (tertiary alicyclic amines) is 1. The summed E-state index contributed by atoms with van der Waals surface area (Å²) in [7, 11) is 1.61. The van der Waals surface area contributed by atoms with Crippen LogP contribution in [-0.2, 0) is 14.9 Å². The number of esters is 1. The molecule has 2 rings (SSSR count). The average molecular weight is 360 g/mol. The predicted octanol–water partition coefficient (Wildman–Crippen LogP) is 2.90. The Morgan fingerprint density at radius 3 is 2.54 bits per heavy atom. The van der Waals surface area contributed by atoms with E-state index in [9.17, 15) is 10.1 Å². The summed E-state index contributed by atoms with van der Waals surface area (Å²) in [6, 6.07) is 8.23. The number of piperidine rings is 1. The van der Waals surface area contributed by atoms with Crippen LogP contribution < -0.4 is 9.47 Å². The fraction of sp³-hybridized carbons (Fsp3) is 0.600. The van der Waals surface area contributed by atoms with Gasteiger partial charge in [0.15, 0.2) is 11.5 Å². The minimum Gasteiger partial charge on any atom is -0.493 e. The number of ether oxygens (including phenoxy) is 3. The predicted molar refractivity (Wildman–Crippen MR) is 98.4 cm³/mol. The van der Waals surface area contributed by atoms with Crippen molar-refractivity contribution in [3.05, 3.63) is 23.8 Å². The molecule has 0 saturated carbocycles. The van der Waals surface area contributed by atoms with Gasteiger partial charge in [-0.15, -0.1) is 0 Å². The zero-order chi connectivity index (χ0) is 19.2. The summed E-state index contributed by atoms with van der Waals surface area (Å²) in [5.41, 5.74) is 0.360. The van der Waals surface area contributed by atoms with Crippen LogP contribution in [0, 0.1) is 11.3 Å². The number of carbonyl (C=O) groups excluding carboxylic acids is 1. The normalized spacial score (nSPS) is 16.8. The summed E-state index contributed by atoms with van der Waals surface area (Å²) >= 11 is 0. The molecule has 0 aromatic heterocycles. The van der Waals surface area contributed by atoms with Crippen LogP contribution in [0.4, 0.5) is 0 Å². The first-order valence-corrected chi connectivity index (χ1v) is 9.08. The van der Waals surface area contributed by atoms with Gasteiger partial charge in [-0.3, -0.25) is 9.69 Å². The Labute approximate surface area is 155 Å². The van der Waals surface area contributed by atoms with Gasteiger partial charge >= 0.3 is 5.97 Å². The number of rotatable bonds is 7. The minimum absolute atomic E-state index is 0.0172. The molecule has 1 aliphatic rings. The molecule has 0 atom stereocenters. The van der Waals surface area contributed by atoms with Gasteiger partial charge < -0.3 is 14.2 Å². The molecule has 142 valence electrons. The molecule has 0 amide bonds. The second kappa shape index (κ2) is 8.91. The fourth-order valence-electron chi connectivity index (χ4n) is 3.27. The van der Waals surface area contributed by atoms with Crippen LogP contribution in [0.15, 0.2) is 18.2 Å².